The normalized spacial score (nSPS) is 13.8. The molecule has 0 aliphatic heterocycles. The van der Waals surface area contributed by atoms with Crippen LogP contribution in [-0.4, -0.2) is 35.7 Å². The van der Waals surface area contributed by atoms with Crippen LogP contribution < -0.4 is 5.73 Å². The van der Waals surface area contributed by atoms with Crippen molar-refractivity contribution in [2.45, 2.75) is 25.4 Å². The van der Waals surface area contributed by atoms with E-state index < -0.39 is 31.7 Å². The number of rotatable bonds is 6. The van der Waals surface area contributed by atoms with Gasteiger partial charge in [0.05, 0.1) is 6.61 Å². The minimum Gasteiger partial charge on any atom is -0.386 e. The first kappa shape index (κ1) is 15.6. The summed E-state index contributed by atoms with van der Waals surface area (Å²) in [6.07, 6.45) is -3.69. The number of aliphatic hydroxyl groups is 1. The molecule has 0 fully saturated rings. The minimum atomic E-state index is -4.24. The van der Waals surface area contributed by atoms with E-state index in [1.165, 1.54) is 6.20 Å². The quantitative estimate of drug-likeness (QED) is 0.782. The molecule has 1 atom stereocenters. The topological polar surface area (TPSA) is 68.4 Å². The zero-order valence-corrected chi connectivity index (χ0v) is 10.1. The first-order valence-electron chi connectivity index (χ1n) is 5.38. The van der Waals surface area contributed by atoms with Crippen molar-refractivity contribution in [3.63, 3.8) is 0 Å². The van der Waals surface area contributed by atoms with Gasteiger partial charge < -0.3 is 15.6 Å². The summed E-state index contributed by atoms with van der Waals surface area (Å²) in [4.78, 5) is 3.74. The maximum atomic E-state index is 12.6. The van der Waals surface area contributed by atoms with E-state index in [-0.39, 0.29) is 11.4 Å². The van der Waals surface area contributed by atoms with Gasteiger partial charge in [0.1, 0.15) is 18.5 Å². The van der Waals surface area contributed by atoms with Gasteiger partial charge in [-0.05, 0) is 18.6 Å². The van der Waals surface area contributed by atoms with Crippen molar-refractivity contribution in [2.75, 3.05) is 18.9 Å². The molecule has 0 radical (unpaired) electrons. The highest BCUT2D eigenvalue weighted by Gasteiger charge is 2.41. The molecule has 0 aliphatic carbocycles. The van der Waals surface area contributed by atoms with E-state index in [0.717, 1.165) is 0 Å². The van der Waals surface area contributed by atoms with Gasteiger partial charge in [-0.15, -0.1) is 0 Å². The van der Waals surface area contributed by atoms with E-state index >= 15 is 0 Å². The van der Waals surface area contributed by atoms with Crippen molar-refractivity contribution in [3.8, 4) is 0 Å². The molecular formula is C11H14F4N2O2. The lowest BCUT2D eigenvalue weighted by Gasteiger charge is -2.18. The number of nitrogen functional groups attached to an aromatic ring is 1. The van der Waals surface area contributed by atoms with Crippen LogP contribution in [0.15, 0.2) is 12.3 Å². The Bertz CT molecular complexity index is 409. The number of pyridine rings is 1. The molecule has 108 valence electrons. The maximum absolute atomic E-state index is 12.6. The second-order valence-corrected chi connectivity index (χ2v) is 4.02. The molecule has 3 N–H and O–H groups in total. The molecule has 1 unspecified atom stereocenters. The summed E-state index contributed by atoms with van der Waals surface area (Å²) in [5.74, 6) is -4.20. The Morgan fingerprint density at radius 3 is 2.63 bits per heavy atom. The van der Waals surface area contributed by atoms with Crippen LogP contribution in [0.25, 0.3) is 0 Å². The third-order valence-corrected chi connectivity index (χ3v) is 2.46. The summed E-state index contributed by atoms with van der Waals surface area (Å²) < 4.78 is 53.3. The predicted octanol–water partition coefficient (Wildman–Crippen LogP) is 1.92. The number of nitrogens with two attached hydrogens (primary N) is 1. The third kappa shape index (κ3) is 4.03. The van der Waals surface area contributed by atoms with Gasteiger partial charge in [0.25, 0.3) is 0 Å². The van der Waals surface area contributed by atoms with Crippen molar-refractivity contribution in [1.82, 2.24) is 4.98 Å². The summed E-state index contributed by atoms with van der Waals surface area (Å²) >= 11 is 0. The SMILES string of the molecule is Cc1ccnc(N)c1C(O)COCC(F)(F)C(F)F. The van der Waals surface area contributed by atoms with Gasteiger partial charge >= 0.3 is 12.3 Å². The van der Waals surface area contributed by atoms with Crippen LogP contribution in [0.2, 0.25) is 0 Å². The number of anilines is 1. The number of hydrogen-bond donors (Lipinski definition) is 2. The first-order chi connectivity index (χ1) is 8.75. The zero-order valence-electron chi connectivity index (χ0n) is 10.1. The van der Waals surface area contributed by atoms with Crippen LogP contribution in [-0.2, 0) is 4.74 Å². The summed E-state index contributed by atoms with van der Waals surface area (Å²) in [6.45, 7) is -0.398. The molecule has 8 heteroatoms. The molecule has 1 heterocycles. The predicted molar refractivity (Wildman–Crippen MR) is 60.1 cm³/mol. The molecule has 1 rings (SSSR count). The Labute approximate surface area is 107 Å². The van der Waals surface area contributed by atoms with Gasteiger partial charge in [-0.1, -0.05) is 0 Å². The largest absolute Gasteiger partial charge is 0.386 e. The number of hydrogen-bond acceptors (Lipinski definition) is 4. The van der Waals surface area contributed by atoms with Crippen LogP contribution >= 0.6 is 0 Å². The maximum Gasteiger partial charge on any atom is 0.330 e. The van der Waals surface area contributed by atoms with Crippen molar-refractivity contribution < 1.29 is 27.4 Å². The number of halogens is 4. The molecule has 4 nitrogen and oxygen atoms in total. The molecule has 0 aromatic carbocycles. The van der Waals surface area contributed by atoms with Crippen LogP contribution in [0.4, 0.5) is 23.4 Å². The van der Waals surface area contributed by atoms with Gasteiger partial charge in [-0.3, -0.25) is 0 Å². The Kier molecular flexibility index (Phi) is 5.07. The van der Waals surface area contributed by atoms with Crippen LogP contribution in [0.3, 0.4) is 0 Å². The molecule has 0 bridgehead atoms. The lowest BCUT2D eigenvalue weighted by molar-refractivity contribution is -0.170. The summed E-state index contributed by atoms with van der Waals surface area (Å²) in [6, 6.07) is 1.57. The van der Waals surface area contributed by atoms with Gasteiger partial charge in [0, 0.05) is 11.8 Å². The van der Waals surface area contributed by atoms with Crippen LogP contribution in [0, 0.1) is 6.92 Å². The van der Waals surface area contributed by atoms with Gasteiger partial charge in [0.2, 0.25) is 0 Å². The van der Waals surface area contributed by atoms with Crippen molar-refractivity contribution in [2.24, 2.45) is 0 Å². The highest BCUT2D eigenvalue weighted by atomic mass is 19.3. The number of ether oxygens (including phenoxy) is 1. The third-order valence-electron chi connectivity index (χ3n) is 2.46. The van der Waals surface area contributed by atoms with Gasteiger partial charge in [-0.25, -0.2) is 13.8 Å². The number of nitrogens with zero attached hydrogens (tertiary/aromatic N) is 1. The fraction of sp³-hybridized carbons (Fsp3) is 0.545. The van der Waals surface area contributed by atoms with Crippen LogP contribution in [0.5, 0.6) is 0 Å². The minimum absolute atomic E-state index is 0.0386. The molecule has 1 aromatic rings. The lowest BCUT2D eigenvalue weighted by atomic mass is 10.1. The molecule has 0 aliphatic rings. The van der Waals surface area contributed by atoms with Crippen molar-refractivity contribution in [3.05, 3.63) is 23.4 Å². The number of aryl methyl sites for hydroxylation is 1. The molecule has 0 amide bonds. The van der Waals surface area contributed by atoms with Crippen molar-refractivity contribution >= 4 is 5.82 Å². The van der Waals surface area contributed by atoms with E-state index in [1.807, 2.05) is 0 Å². The Morgan fingerprint density at radius 1 is 1.47 bits per heavy atom. The zero-order chi connectivity index (χ0) is 14.6. The van der Waals surface area contributed by atoms with E-state index in [2.05, 4.69) is 9.72 Å². The highest BCUT2D eigenvalue weighted by molar-refractivity contribution is 5.45. The van der Waals surface area contributed by atoms with E-state index in [0.29, 0.717) is 5.56 Å². The highest BCUT2D eigenvalue weighted by Crippen LogP contribution is 2.25. The molecule has 0 saturated heterocycles. The lowest BCUT2D eigenvalue weighted by Crippen LogP contribution is -2.33. The second kappa shape index (κ2) is 6.16. The summed E-state index contributed by atoms with van der Waals surface area (Å²) in [5, 5.41) is 9.74. The summed E-state index contributed by atoms with van der Waals surface area (Å²) in [7, 11) is 0. The number of aromatic nitrogens is 1. The monoisotopic (exact) mass is 282 g/mol. The number of alkyl halides is 4. The molecular weight excluding hydrogens is 268 g/mol. The van der Waals surface area contributed by atoms with Gasteiger partial charge in [0.15, 0.2) is 0 Å². The molecule has 0 saturated carbocycles. The van der Waals surface area contributed by atoms with Gasteiger partial charge in [-0.2, -0.15) is 8.78 Å². The second-order valence-electron chi connectivity index (χ2n) is 4.02. The van der Waals surface area contributed by atoms with Crippen molar-refractivity contribution in [1.29, 1.82) is 0 Å². The smallest absolute Gasteiger partial charge is 0.330 e. The fourth-order valence-electron chi connectivity index (χ4n) is 1.48. The van der Waals surface area contributed by atoms with Crippen LogP contribution in [0.1, 0.15) is 17.2 Å². The molecule has 0 spiro atoms. The van der Waals surface area contributed by atoms with E-state index in [4.69, 9.17) is 5.73 Å². The summed E-state index contributed by atoms with van der Waals surface area (Å²) in [5.41, 5.74) is 6.37. The fourth-order valence-corrected chi connectivity index (χ4v) is 1.48. The van der Waals surface area contributed by atoms with E-state index in [9.17, 15) is 22.7 Å². The number of aliphatic hydroxyl groups excluding tert-OH is 1. The first-order valence-corrected chi connectivity index (χ1v) is 5.38. The molecule has 19 heavy (non-hydrogen) atoms. The van der Waals surface area contributed by atoms with E-state index in [1.54, 1.807) is 13.0 Å². The average Bonchev–Trinajstić information content (AvgIpc) is 2.28. The molecule has 1 aromatic heterocycles. The Morgan fingerprint density at radius 2 is 2.11 bits per heavy atom. The Hall–Kier alpha value is -1.41. The average molecular weight is 282 g/mol. The standard InChI is InChI=1S/C11H14F4N2O2/c1-6-2-3-17-9(16)8(6)7(18)4-19-5-11(14,15)10(12)13/h2-3,7,10,18H,4-5H2,1H3,(H2,16,17). The Balaban J connectivity index is 2.59.